The van der Waals surface area contributed by atoms with Crippen molar-refractivity contribution in [2.24, 2.45) is 0 Å². The molecular formula is C15H17F3N4O3. The fourth-order valence-corrected chi connectivity index (χ4v) is 2.19. The van der Waals surface area contributed by atoms with Crippen molar-refractivity contribution in [3.05, 3.63) is 18.0 Å². The number of carbonyl (C=O) groups is 1. The summed E-state index contributed by atoms with van der Waals surface area (Å²) in [5.41, 5.74) is -0.0220. The van der Waals surface area contributed by atoms with E-state index in [-0.39, 0.29) is 41.8 Å². The molecule has 0 aliphatic rings. The molecule has 136 valence electrons. The third-order valence-corrected chi connectivity index (χ3v) is 3.25. The SMILES string of the molecule is COc1ccc2c(NCCNC(C)=O)nc(C(F)(F)F)nc2c1OC. The van der Waals surface area contributed by atoms with Gasteiger partial charge in [-0.3, -0.25) is 4.79 Å². The molecule has 2 rings (SSSR count). The van der Waals surface area contributed by atoms with Gasteiger partial charge in [0.15, 0.2) is 11.5 Å². The highest BCUT2D eigenvalue weighted by Gasteiger charge is 2.36. The molecule has 0 unspecified atom stereocenters. The second-order valence-corrected chi connectivity index (χ2v) is 5.00. The van der Waals surface area contributed by atoms with Gasteiger partial charge in [0.05, 0.1) is 14.2 Å². The zero-order chi connectivity index (χ0) is 18.6. The van der Waals surface area contributed by atoms with E-state index in [2.05, 4.69) is 20.6 Å². The highest BCUT2D eigenvalue weighted by atomic mass is 19.4. The Morgan fingerprint density at radius 3 is 2.44 bits per heavy atom. The minimum absolute atomic E-state index is 0.0105. The monoisotopic (exact) mass is 358 g/mol. The first-order chi connectivity index (χ1) is 11.8. The van der Waals surface area contributed by atoms with Crippen LogP contribution in [-0.2, 0) is 11.0 Å². The molecule has 1 amide bonds. The van der Waals surface area contributed by atoms with Gasteiger partial charge in [-0.2, -0.15) is 13.2 Å². The van der Waals surface area contributed by atoms with Crippen molar-refractivity contribution in [2.45, 2.75) is 13.1 Å². The predicted octanol–water partition coefficient (Wildman–Crippen LogP) is 2.21. The van der Waals surface area contributed by atoms with Gasteiger partial charge in [-0.05, 0) is 12.1 Å². The zero-order valence-corrected chi connectivity index (χ0v) is 13.8. The molecule has 2 aromatic rings. The molecule has 25 heavy (non-hydrogen) atoms. The topological polar surface area (TPSA) is 85.4 Å². The number of rotatable bonds is 6. The van der Waals surface area contributed by atoms with Gasteiger partial charge in [0, 0.05) is 25.4 Å². The Morgan fingerprint density at radius 1 is 1.16 bits per heavy atom. The summed E-state index contributed by atoms with van der Waals surface area (Å²) >= 11 is 0. The Morgan fingerprint density at radius 2 is 1.88 bits per heavy atom. The molecule has 0 aliphatic carbocycles. The zero-order valence-electron chi connectivity index (χ0n) is 13.8. The van der Waals surface area contributed by atoms with E-state index in [0.717, 1.165) is 0 Å². The molecule has 0 atom stereocenters. The number of methoxy groups -OCH3 is 2. The first-order valence-corrected chi connectivity index (χ1v) is 7.26. The smallest absolute Gasteiger partial charge is 0.451 e. The number of aromatic nitrogens is 2. The van der Waals surface area contributed by atoms with Crippen LogP contribution < -0.4 is 20.1 Å². The number of anilines is 1. The first-order valence-electron chi connectivity index (χ1n) is 7.26. The molecule has 1 aromatic heterocycles. The van der Waals surface area contributed by atoms with Crippen molar-refractivity contribution < 1.29 is 27.4 Å². The second-order valence-electron chi connectivity index (χ2n) is 5.00. The van der Waals surface area contributed by atoms with Gasteiger partial charge in [0.2, 0.25) is 11.7 Å². The Kier molecular flexibility index (Phi) is 5.50. The number of carbonyl (C=O) groups excluding carboxylic acids is 1. The summed E-state index contributed by atoms with van der Waals surface area (Å²) in [4.78, 5) is 18.0. The Hall–Kier alpha value is -2.78. The Labute approximate surface area is 141 Å². The van der Waals surface area contributed by atoms with Crippen molar-refractivity contribution in [1.82, 2.24) is 15.3 Å². The number of halogens is 3. The number of hydrogen-bond donors (Lipinski definition) is 2. The Balaban J connectivity index is 2.52. The van der Waals surface area contributed by atoms with E-state index in [9.17, 15) is 18.0 Å². The molecule has 1 heterocycles. The van der Waals surface area contributed by atoms with E-state index in [4.69, 9.17) is 9.47 Å². The highest BCUT2D eigenvalue weighted by Crippen LogP contribution is 2.38. The molecule has 7 nitrogen and oxygen atoms in total. The second kappa shape index (κ2) is 7.41. The van der Waals surface area contributed by atoms with Gasteiger partial charge in [0.1, 0.15) is 11.3 Å². The lowest BCUT2D eigenvalue weighted by Gasteiger charge is -2.15. The molecule has 2 N–H and O–H groups in total. The molecule has 0 saturated carbocycles. The largest absolute Gasteiger partial charge is 0.493 e. The molecule has 0 aliphatic heterocycles. The van der Waals surface area contributed by atoms with E-state index < -0.39 is 12.0 Å². The third kappa shape index (κ3) is 4.20. The van der Waals surface area contributed by atoms with Crippen LogP contribution in [0, 0.1) is 0 Å². The van der Waals surface area contributed by atoms with Crippen LogP contribution in [-0.4, -0.2) is 43.2 Å². The number of benzene rings is 1. The Bertz CT molecular complexity index is 781. The van der Waals surface area contributed by atoms with Crippen LogP contribution in [0.2, 0.25) is 0 Å². The number of amides is 1. The van der Waals surface area contributed by atoms with Gasteiger partial charge in [-0.25, -0.2) is 9.97 Å². The molecule has 0 saturated heterocycles. The minimum Gasteiger partial charge on any atom is -0.493 e. The lowest BCUT2D eigenvalue weighted by molar-refractivity contribution is -0.144. The van der Waals surface area contributed by atoms with Crippen LogP contribution in [0.3, 0.4) is 0 Å². The fraction of sp³-hybridized carbons (Fsp3) is 0.400. The molecule has 0 bridgehead atoms. The van der Waals surface area contributed by atoms with Crippen molar-refractivity contribution in [3.8, 4) is 11.5 Å². The summed E-state index contributed by atoms with van der Waals surface area (Å²) in [5.74, 6) is -1.21. The van der Waals surface area contributed by atoms with E-state index in [1.165, 1.54) is 27.2 Å². The molecule has 10 heteroatoms. The number of nitrogens with one attached hydrogen (secondary N) is 2. The van der Waals surface area contributed by atoms with E-state index in [1.807, 2.05) is 0 Å². The van der Waals surface area contributed by atoms with Crippen LogP contribution in [0.5, 0.6) is 11.5 Å². The van der Waals surface area contributed by atoms with Gasteiger partial charge in [0.25, 0.3) is 0 Å². The summed E-state index contributed by atoms with van der Waals surface area (Å²) in [5, 5.41) is 5.66. The molecule has 0 radical (unpaired) electrons. The number of ether oxygens (including phenoxy) is 2. The van der Waals surface area contributed by atoms with Crippen LogP contribution in [0.25, 0.3) is 10.9 Å². The molecule has 0 spiro atoms. The van der Waals surface area contributed by atoms with Crippen LogP contribution in [0.1, 0.15) is 12.7 Å². The van der Waals surface area contributed by atoms with Gasteiger partial charge in [-0.15, -0.1) is 0 Å². The maximum absolute atomic E-state index is 13.1. The number of alkyl halides is 3. The average Bonchev–Trinajstić information content (AvgIpc) is 2.56. The van der Waals surface area contributed by atoms with Crippen LogP contribution >= 0.6 is 0 Å². The third-order valence-electron chi connectivity index (χ3n) is 3.25. The maximum Gasteiger partial charge on any atom is 0.451 e. The van der Waals surface area contributed by atoms with Gasteiger partial charge in [-0.1, -0.05) is 0 Å². The molecular weight excluding hydrogens is 341 g/mol. The van der Waals surface area contributed by atoms with Gasteiger partial charge >= 0.3 is 6.18 Å². The maximum atomic E-state index is 13.1. The van der Waals surface area contributed by atoms with E-state index >= 15 is 0 Å². The molecule has 1 aromatic carbocycles. The first kappa shape index (κ1) is 18.6. The van der Waals surface area contributed by atoms with Gasteiger partial charge < -0.3 is 20.1 Å². The fourth-order valence-electron chi connectivity index (χ4n) is 2.19. The number of nitrogens with zero attached hydrogens (tertiary/aromatic N) is 2. The number of hydrogen-bond acceptors (Lipinski definition) is 6. The minimum atomic E-state index is -4.73. The van der Waals surface area contributed by atoms with Crippen LogP contribution in [0.15, 0.2) is 12.1 Å². The predicted molar refractivity (Wildman–Crippen MR) is 84.8 cm³/mol. The van der Waals surface area contributed by atoms with Crippen molar-refractivity contribution in [2.75, 3.05) is 32.6 Å². The highest BCUT2D eigenvalue weighted by molar-refractivity contribution is 5.95. The van der Waals surface area contributed by atoms with E-state index in [1.54, 1.807) is 6.07 Å². The quantitative estimate of drug-likeness (QED) is 0.770. The number of fused-ring (bicyclic) bond motifs is 1. The van der Waals surface area contributed by atoms with Crippen LogP contribution in [0.4, 0.5) is 19.0 Å². The summed E-state index contributed by atoms with van der Waals surface area (Å²) in [6, 6.07) is 3.09. The molecule has 0 fully saturated rings. The average molecular weight is 358 g/mol. The summed E-state index contributed by atoms with van der Waals surface area (Å²) in [7, 11) is 2.69. The summed E-state index contributed by atoms with van der Waals surface area (Å²) in [6.45, 7) is 1.77. The van der Waals surface area contributed by atoms with Crippen molar-refractivity contribution in [1.29, 1.82) is 0 Å². The standard InChI is InChI=1S/C15H17F3N4O3/c1-8(23)19-6-7-20-13-9-4-5-10(24-2)12(25-3)11(9)21-14(22-13)15(16,17)18/h4-5H,6-7H2,1-3H3,(H,19,23)(H,20,21,22). The normalized spacial score (nSPS) is 11.3. The van der Waals surface area contributed by atoms with E-state index in [0.29, 0.717) is 5.39 Å². The van der Waals surface area contributed by atoms with Crippen molar-refractivity contribution >= 4 is 22.6 Å². The summed E-state index contributed by atoms with van der Waals surface area (Å²) < 4.78 is 49.6. The lowest BCUT2D eigenvalue weighted by atomic mass is 10.2. The lowest BCUT2D eigenvalue weighted by Crippen LogP contribution is -2.26. The van der Waals surface area contributed by atoms with Crippen molar-refractivity contribution in [3.63, 3.8) is 0 Å². The summed E-state index contributed by atoms with van der Waals surface area (Å²) in [6.07, 6.45) is -4.73.